The maximum atomic E-state index is 12.1. The van der Waals surface area contributed by atoms with Gasteiger partial charge in [-0.3, -0.25) is 4.31 Å². The topological polar surface area (TPSA) is 50.3 Å². The molecule has 21 heavy (non-hydrogen) atoms. The first kappa shape index (κ1) is 14.3. The van der Waals surface area contributed by atoms with Gasteiger partial charge in [0.2, 0.25) is 10.0 Å². The molecule has 4 nitrogen and oxygen atoms in total. The molecule has 0 fully saturated rings. The standard InChI is InChI=1S/C16H20N2O2S/c1-4-21(19,20)18-8-7-13-10-14-9-12(11(2)3)5-6-15(14)17-16(13)18/h5-6,9-11H,4,7-8H2,1-3H3. The van der Waals surface area contributed by atoms with E-state index in [0.29, 0.717) is 18.3 Å². The number of nitrogens with zero attached hydrogens (tertiary/aromatic N) is 2. The van der Waals surface area contributed by atoms with Crippen LogP contribution in [0.1, 0.15) is 37.8 Å². The Kier molecular flexibility index (Phi) is 3.40. The highest BCUT2D eigenvalue weighted by atomic mass is 32.2. The predicted molar refractivity (Wildman–Crippen MR) is 86.3 cm³/mol. The third-order valence-electron chi connectivity index (χ3n) is 4.08. The van der Waals surface area contributed by atoms with Crippen molar-refractivity contribution in [2.24, 2.45) is 0 Å². The highest BCUT2D eigenvalue weighted by Crippen LogP contribution is 2.32. The van der Waals surface area contributed by atoms with Gasteiger partial charge in [0.15, 0.2) is 0 Å². The number of rotatable bonds is 3. The van der Waals surface area contributed by atoms with Gasteiger partial charge in [-0.15, -0.1) is 0 Å². The molecule has 0 saturated heterocycles. The lowest BCUT2D eigenvalue weighted by Crippen LogP contribution is -2.31. The van der Waals surface area contributed by atoms with Gasteiger partial charge < -0.3 is 0 Å². The third kappa shape index (κ3) is 2.39. The molecule has 3 rings (SSSR count). The molecule has 0 radical (unpaired) electrons. The Labute approximate surface area is 125 Å². The van der Waals surface area contributed by atoms with Crippen molar-refractivity contribution in [2.75, 3.05) is 16.6 Å². The summed E-state index contributed by atoms with van der Waals surface area (Å²) in [5, 5.41) is 1.09. The Morgan fingerprint density at radius 2 is 2.05 bits per heavy atom. The number of pyridine rings is 1. The van der Waals surface area contributed by atoms with Crippen LogP contribution in [-0.2, 0) is 16.4 Å². The summed E-state index contributed by atoms with van der Waals surface area (Å²) in [7, 11) is -3.23. The smallest absolute Gasteiger partial charge is 0.236 e. The Bertz CT molecular complexity index is 797. The first-order chi connectivity index (χ1) is 9.92. The molecule has 1 aliphatic heterocycles. The van der Waals surface area contributed by atoms with Crippen molar-refractivity contribution in [3.8, 4) is 0 Å². The van der Waals surface area contributed by atoms with E-state index in [4.69, 9.17) is 0 Å². The van der Waals surface area contributed by atoms with Crippen LogP contribution < -0.4 is 4.31 Å². The van der Waals surface area contributed by atoms with E-state index in [0.717, 1.165) is 22.9 Å². The van der Waals surface area contributed by atoms with Crippen molar-refractivity contribution < 1.29 is 8.42 Å². The van der Waals surface area contributed by atoms with E-state index in [1.807, 2.05) is 6.07 Å². The molecule has 1 aromatic heterocycles. The van der Waals surface area contributed by atoms with Gasteiger partial charge >= 0.3 is 0 Å². The number of hydrogen-bond acceptors (Lipinski definition) is 3. The van der Waals surface area contributed by atoms with Crippen molar-refractivity contribution in [3.63, 3.8) is 0 Å². The third-order valence-corrected chi connectivity index (χ3v) is 5.84. The molecule has 2 aromatic rings. The number of anilines is 1. The molecule has 1 aliphatic rings. The van der Waals surface area contributed by atoms with Gasteiger partial charge in [0.05, 0.1) is 11.3 Å². The molecule has 1 aromatic carbocycles. The SMILES string of the molecule is CCS(=O)(=O)N1CCc2cc3cc(C(C)C)ccc3nc21. The zero-order valence-electron chi connectivity index (χ0n) is 12.6. The molecule has 0 bridgehead atoms. The lowest BCUT2D eigenvalue weighted by Gasteiger charge is -2.17. The van der Waals surface area contributed by atoms with E-state index < -0.39 is 10.0 Å². The Morgan fingerprint density at radius 3 is 2.71 bits per heavy atom. The lowest BCUT2D eigenvalue weighted by atomic mass is 10.0. The van der Waals surface area contributed by atoms with Gasteiger partial charge in [0.1, 0.15) is 5.82 Å². The molecule has 0 amide bonds. The Balaban J connectivity index is 2.14. The van der Waals surface area contributed by atoms with Gasteiger partial charge in [-0.05, 0) is 48.6 Å². The first-order valence-corrected chi connectivity index (χ1v) is 8.97. The average Bonchev–Trinajstić information content (AvgIpc) is 2.87. The molecular weight excluding hydrogens is 284 g/mol. The highest BCUT2D eigenvalue weighted by molar-refractivity contribution is 7.92. The van der Waals surface area contributed by atoms with Crippen molar-refractivity contribution in [2.45, 2.75) is 33.1 Å². The minimum Gasteiger partial charge on any atom is -0.253 e. The minimum atomic E-state index is -3.23. The van der Waals surface area contributed by atoms with Gasteiger partial charge in [-0.25, -0.2) is 13.4 Å². The number of hydrogen-bond donors (Lipinski definition) is 0. The molecule has 0 spiro atoms. The molecule has 0 unspecified atom stereocenters. The Morgan fingerprint density at radius 1 is 1.29 bits per heavy atom. The molecule has 112 valence electrons. The molecule has 0 aliphatic carbocycles. The number of benzene rings is 1. The van der Waals surface area contributed by atoms with Crippen LogP contribution in [0.15, 0.2) is 24.3 Å². The summed E-state index contributed by atoms with van der Waals surface area (Å²) >= 11 is 0. The van der Waals surface area contributed by atoms with Crippen LogP contribution in [0.2, 0.25) is 0 Å². The van der Waals surface area contributed by atoms with E-state index in [9.17, 15) is 8.42 Å². The van der Waals surface area contributed by atoms with Crippen LogP contribution >= 0.6 is 0 Å². The quantitative estimate of drug-likeness (QED) is 0.875. The summed E-state index contributed by atoms with van der Waals surface area (Å²) in [6, 6.07) is 8.30. The van der Waals surface area contributed by atoms with Crippen molar-refractivity contribution in [3.05, 3.63) is 35.4 Å². The second kappa shape index (κ2) is 4.98. The molecule has 0 saturated carbocycles. The number of sulfonamides is 1. The van der Waals surface area contributed by atoms with Crippen LogP contribution in [-0.4, -0.2) is 25.7 Å². The molecular formula is C16H20N2O2S. The maximum absolute atomic E-state index is 12.1. The summed E-state index contributed by atoms with van der Waals surface area (Å²) in [6.07, 6.45) is 0.739. The van der Waals surface area contributed by atoms with E-state index in [1.165, 1.54) is 9.87 Å². The number of aromatic nitrogens is 1. The lowest BCUT2D eigenvalue weighted by molar-refractivity contribution is 0.593. The first-order valence-electron chi connectivity index (χ1n) is 7.36. The highest BCUT2D eigenvalue weighted by Gasteiger charge is 2.29. The van der Waals surface area contributed by atoms with Crippen molar-refractivity contribution >= 4 is 26.7 Å². The average molecular weight is 304 g/mol. The monoisotopic (exact) mass is 304 g/mol. The van der Waals surface area contributed by atoms with E-state index >= 15 is 0 Å². The summed E-state index contributed by atoms with van der Waals surface area (Å²) < 4.78 is 25.7. The zero-order chi connectivity index (χ0) is 15.2. The summed E-state index contributed by atoms with van der Waals surface area (Å²) in [5.74, 6) is 1.19. The normalized spacial score (nSPS) is 15.0. The summed E-state index contributed by atoms with van der Waals surface area (Å²) in [5.41, 5.74) is 3.16. The van der Waals surface area contributed by atoms with Crippen LogP contribution in [0.3, 0.4) is 0 Å². The fourth-order valence-electron chi connectivity index (χ4n) is 2.74. The summed E-state index contributed by atoms with van der Waals surface area (Å²) in [6.45, 7) is 6.50. The van der Waals surface area contributed by atoms with Crippen LogP contribution in [0.5, 0.6) is 0 Å². The fraction of sp³-hybridized carbons (Fsp3) is 0.438. The van der Waals surface area contributed by atoms with Gasteiger partial charge in [0.25, 0.3) is 0 Å². The Hall–Kier alpha value is -1.62. The van der Waals surface area contributed by atoms with Gasteiger partial charge in [-0.2, -0.15) is 0 Å². The fourth-order valence-corrected chi connectivity index (χ4v) is 3.84. The van der Waals surface area contributed by atoms with E-state index in [1.54, 1.807) is 6.92 Å². The van der Waals surface area contributed by atoms with Gasteiger partial charge in [0, 0.05) is 11.9 Å². The molecule has 0 atom stereocenters. The second-order valence-electron chi connectivity index (χ2n) is 5.80. The zero-order valence-corrected chi connectivity index (χ0v) is 13.4. The predicted octanol–water partition coefficient (Wildman–Crippen LogP) is 3.07. The molecule has 2 heterocycles. The number of fused-ring (bicyclic) bond motifs is 2. The van der Waals surface area contributed by atoms with Gasteiger partial charge in [-0.1, -0.05) is 19.9 Å². The van der Waals surface area contributed by atoms with E-state index in [2.05, 4.69) is 37.0 Å². The van der Waals surface area contributed by atoms with Crippen LogP contribution in [0, 0.1) is 0 Å². The minimum absolute atomic E-state index is 0.110. The second-order valence-corrected chi connectivity index (χ2v) is 7.98. The largest absolute Gasteiger partial charge is 0.253 e. The van der Waals surface area contributed by atoms with Crippen molar-refractivity contribution in [1.29, 1.82) is 0 Å². The summed E-state index contributed by atoms with van der Waals surface area (Å²) in [4.78, 5) is 4.60. The van der Waals surface area contributed by atoms with Crippen LogP contribution in [0.4, 0.5) is 5.82 Å². The molecule has 5 heteroatoms. The molecule has 0 N–H and O–H groups in total. The van der Waals surface area contributed by atoms with E-state index in [-0.39, 0.29) is 5.75 Å². The van der Waals surface area contributed by atoms with Crippen molar-refractivity contribution in [1.82, 2.24) is 4.98 Å². The maximum Gasteiger partial charge on any atom is 0.236 e. The van der Waals surface area contributed by atoms with Crippen LogP contribution in [0.25, 0.3) is 10.9 Å².